The lowest BCUT2D eigenvalue weighted by Crippen LogP contribution is -2.49. The molecule has 3 rings (SSSR count). The van der Waals surface area contributed by atoms with Gasteiger partial charge in [-0.25, -0.2) is 14.2 Å². The number of carbonyl (C=O) groups excluding carboxylic acids is 1. The van der Waals surface area contributed by atoms with E-state index in [2.05, 4.69) is 16.8 Å². The number of anilines is 2. The van der Waals surface area contributed by atoms with Gasteiger partial charge in [-0.3, -0.25) is 4.79 Å². The number of aromatic nitrogens is 1. The largest absolute Gasteiger partial charge is 0.465 e. The Hall–Kier alpha value is -4.00. The van der Waals surface area contributed by atoms with Gasteiger partial charge in [0, 0.05) is 56.1 Å². The van der Waals surface area contributed by atoms with Gasteiger partial charge in [0.15, 0.2) is 11.6 Å². The average molecular weight is 399 g/mol. The fourth-order valence-corrected chi connectivity index (χ4v) is 2.68. The molecule has 2 heterocycles. The summed E-state index contributed by atoms with van der Waals surface area (Å²) < 4.78 is 19.6. The standard InChI is InChI=1S/C19H18FN5O4/c20-14-11-12(21)1-3-16(14)29-15-5-6-23-18(22)13(15)2-4-17(26)24-7-9-25(10-8-24)19(27)28/h1,3,5-6,11H,7-10,21H2,(H2,22,23)(H,27,28). The number of benzene rings is 1. The van der Waals surface area contributed by atoms with Gasteiger partial charge in [-0.1, -0.05) is 0 Å². The molecule has 1 fully saturated rings. The number of ether oxygens (including phenoxy) is 1. The molecule has 2 aromatic rings. The number of carbonyl (C=O) groups is 2. The minimum absolute atomic E-state index is 0.0225. The maximum Gasteiger partial charge on any atom is 0.407 e. The molecule has 2 amide bonds. The Balaban J connectivity index is 1.78. The molecule has 1 aromatic heterocycles. The van der Waals surface area contributed by atoms with Gasteiger partial charge in [0.25, 0.3) is 5.91 Å². The summed E-state index contributed by atoms with van der Waals surface area (Å²) in [6, 6.07) is 5.41. The van der Waals surface area contributed by atoms with Crippen molar-refractivity contribution in [2.24, 2.45) is 0 Å². The average Bonchev–Trinajstić information content (AvgIpc) is 2.69. The van der Waals surface area contributed by atoms with Gasteiger partial charge in [-0.15, -0.1) is 0 Å². The van der Waals surface area contributed by atoms with Crippen molar-refractivity contribution in [2.45, 2.75) is 0 Å². The summed E-state index contributed by atoms with van der Waals surface area (Å²) in [5, 5.41) is 8.96. The van der Waals surface area contributed by atoms with Crippen LogP contribution < -0.4 is 16.2 Å². The van der Waals surface area contributed by atoms with E-state index in [1.165, 1.54) is 34.2 Å². The Kier molecular flexibility index (Phi) is 5.69. The number of pyridine rings is 1. The number of hydrogen-bond acceptors (Lipinski definition) is 6. The molecule has 0 aliphatic carbocycles. The zero-order chi connectivity index (χ0) is 21.0. The Morgan fingerprint density at radius 2 is 1.79 bits per heavy atom. The van der Waals surface area contributed by atoms with Crippen LogP contribution in [-0.2, 0) is 4.79 Å². The van der Waals surface area contributed by atoms with Crippen LogP contribution in [0, 0.1) is 17.7 Å². The second kappa shape index (κ2) is 8.35. The SMILES string of the molecule is Nc1ccc(Oc2ccnc(N)c2C#CC(=O)N2CCN(C(=O)O)CC2)c(F)c1. The third-order valence-electron chi connectivity index (χ3n) is 4.25. The van der Waals surface area contributed by atoms with Gasteiger partial charge in [0.1, 0.15) is 17.1 Å². The fourth-order valence-electron chi connectivity index (χ4n) is 2.68. The van der Waals surface area contributed by atoms with Crippen LogP contribution >= 0.6 is 0 Å². The summed E-state index contributed by atoms with van der Waals surface area (Å²) in [7, 11) is 0. The first-order valence-electron chi connectivity index (χ1n) is 8.61. The van der Waals surface area contributed by atoms with E-state index in [4.69, 9.17) is 21.3 Å². The molecule has 5 N–H and O–H groups in total. The minimum atomic E-state index is -1.02. The van der Waals surface area contributed by atoms with Gasteiger partial charge >= 0.3 is 6.09 Å². The molecule has 0 unspecified atom stereocenters. The number of halogens is 1. The number of hydrogen-bond donors (Lipinski definition) is 3. The molecule has 10 heteroatoms. The zero-order valence-electron chi connectivity index (χ0n) is 15.3. The zero-order valence-corrected chi connectivity index (χ0v) is 15.3. The highest BCUT2D eigenvalue weighted by atomic mass is 19.1. The van der Waals surface area contributed by atoms with Gasteiger partial charge in [-0.05, 0) is 18.1 Å². The second-order valence-electron chi connectivity index (χ2n) is 6.17. The maximum absolute atomic E-state index is 14.0. The Morgan fingerprint density at radius 1 is 1.10 bits per heavy atom. The molecular formula is C19H18FN5O4. The molecule has 150 valence electrons. The van der Waals surface area contributed by atoms with Gasteiger partial charge < -0.3 is 31.1 Å². The summed E-state index contributed by atoms with van der Waals surface area (Å²) in [4.78, 5) is 29.9. The summed E-state index contributed by atoms with van der Waals surface area (Å²) in [6.07, 6.45) is 0.348. The number of nitrogen functional groups attached to an aromatic ring is 2. The maximum atomic E-state index is 14.0. The molecule has 9 nitrogen and oxygen atoms in total. The molecule has 0 atom stereocenters. The number of piperazine rings is 1. The molecular weight excluding hydrogens is 381 g/mol. The molecule has 0 spiro atoms. The van der Waals surface area contributed by atoms with E-state index in [0.29, 0.717) is 0 Å². The van der Waals surface area contributed by atoms with Crippen molar-refractivity contribution in [1.29, 1.82) is 0 Å². The lowest BCUT2D eigenvalue weighted by Gasteiger charge is -2.31. The third kappa shape index (κ3) is 4.65. The first-order valence-corrected chi connectivity index (χ1v) is 8.61. The predicted molar refractivity (Wildman–Crippen MR) is 103 cm³/mol. The van der Waals surface area contributed by atoms with E-state index < -0.39 is 17.8 Å². The van der Waals surface area contributed by atoms with E-state index in [-0.39, 0.29) is 54.7 Å². The number of amides is 2. The van der Waals surface area contributed by atoms with Crippen molar-refractivity contribution in [1.82, 2.24) is 14.8 Å². The molecule has 1 aliphatic heterocycles. The van der Waals surface area contributed by atoms with Crippen LogP contribution in [0.2, 0.25) is 0 Å². The van der Waals surface area contributed by atoms with E-state index in [1.54, 1.807) is 0 Å². The van der Waals surface area contributed by atoms with Gasteiger partial charge in [0.05, 0.1) is 0 Å². The van der Waals surface area contributed by atoms with Crippen molar-refractivity contribution in [3.05, 3.63) is 41.8 Å². The summed E-state index contributed by atoms with van der Waals surface area (Å²) in [5.41, 5.74) is 11.8. The Labute approximate surface area is 165 Å². The molecule has 0 bridgehead atoms. The number of nitrogens with two attached hydrogens (primary N) is 2. The molecule has 29 heavy (non-hydrogen) atoms. The highest BCUT2D eigenvalue weighted by Gasteiger charge is 2.22. The third-order valence-corrected chi connectivity index (χ3v) is 4.25. The van der Waals surface area contributed by atoms with E-state index in [0.717, 1.165) is 6.07 Å². The number of nitrogens with zero attached hydrogens (tertiary/aromatic N) is 3. The van der Waals surface area contributed by atoms with Crippen LogP contribution in [0.25, 0.3) is 0 Å². The molecule has 1 saturated heterocycles. The molecule has 1 aliphatic rings. The number of rotatable bonds is 2. The van der Waals surface area contributed by atoms with Crippen LogP contribution in [0.3, 0.4) is 0 Å². The van der Waals surface area contributed by atoms with Gasteiger partial charge in [0.2, 0.25) is 0 Å². The lowest BCUT2D eigenvalue weighted by atomic mass is 10.2. The van der Waals surface area contributed by atoms with Crippen LogP contribution in [0.4, 0.5) is 20.7 Å². The smallest absolute Gasteiger partial charge is 0.407 e. The van der Waals surface area contributed by atoms with E-state index in [1.807, 2.05) is 0 Å². The highest BCUT2D eigenvalue weighted by molar-refractivity contribution is 5.94. The van der Waals surface area contributed by atoms with E-state index >= 15 is 0 Å². The first kappa shape index (κ1) is 19.8. The van der Waals surface area contributed by atoms with Crippen LogP contribution in [0.1, 0.15) is 5.56 Å². The summed E-state index contributed by atoms with van der Waals surface area (Å²) >= 11 is 0. The van der Waals surface area contributed by atoms with Crippen molar-refractivity contribution >= 4 is 23.5 Å². The molecule has 0 saturated carbocycles. The van der Waals surface area contributed by atoms with Crippen LogP contribution in [-0.4, -0.2) is 58.1 Å². The topological polar surface area (TPSA) is 135 Å². The van der Waals surface area contributed by atoms with Crippen molar-refractivity contribution in [3.63, 3.8) is 0 Å². The van der Waals surface area contributed by atoms with Crippen molar-refractivity contribution < 1.29 is 23.8 Å². The quantitative estimate of drug-likeness (QED) is 0.512. The van der Waals surface area contributed by atoms with Crippen LogP contribution in [0.15, 0.2) is 30.5 Å². The molecule has 1 aromatic carbocycles. The summed E-state index contributed by atoms with van der Waals surface area (Å²) in [6.45, 7) is 0.899. The fraction of sp³-hybridized carbons (Fsp3) is 0.211. The lowest BCUT2D eigenvalue weighted by molar-refractivity contribution is -0.126. The minimum Gasteiger partial charge on any atom is -0.465 e. The van der Waals surface area contributed by atoms with Gasteiger partial charge in [-0.2, -0.15) is 0 Å². The number of carboxylic acid groups (broad SMARTS) is 1. The second-order valence-corrected chi connectivity index (χ2v) is 6.17. The highest BCUT2D eigenvalue weighted by Crippen LogP contribution is 2.29. The summed E-state index contributed by atoms with van der Waals surface area (Å²) in [5.74, 6) is 4.03. The first-order chi connectivity index (χ1) is 13.8. The van der Waals surface area contributed by atoms with Crippen LogP contribution in [0.5, 0.6) is 11.5 Å². The predicted octanol–water partition coefficient (Wildman–Crippen LogP) is 1.35. The molecule has 0 radical (unpaired) electrons. The Morgan fingerprint density at radius 3 is 2.45 bits per heavy atom. The normalized spacial score (nSPS) is 13.4. The van der Waals surface area contributed by atoms with Crippen molar-refractivity contribution in [3.8, 4) is 23.3 Å². The van der Waals surface area contributed by atoms with Crippen molar-refractivity contribution in [2.75, 3.05) is 37.6 Å². The van der Waals surface area contributed by atoms with E-state index in [9.17, 15) is 14.0 Å². The Bertz CT molecular complexity index is 1010. The monoisotopic (exact) mass is 399 g/mol.